The first-order valence-corrected chi connectivity index (χ1v) is 1.87. The van der Waals surface area contributed by atoms with Crippen LogP contribution in [0.1, 0.15) is 13.8 Å². The molecule has 0 radical (unpaired) electrons. The third-order valence-electron chi connectivity index (χ3n) is 0.494. The van der Waals surface area contributed by atoms with E-state index in [1.807, 2.05) is 0 Å². The van der Waals surface area contributed by atoms with Crippen LogP contribution >= 0.6 is 0 Å². The van der Waals surface area contributed by atoms with E-state index in [2.05, 4.69) is 0 Å². The molecule has 0 aromatic heterocycles. The normalized spacial score (nSPS) is 7.86. The van der Waals surface area contributed by atoms with Crippen LogP contribution in [0.3, 0.4) is 0 Å². The predicted octanol–water partition coefficient (Wildman–Crippen LogP) is 0.724. The van der Waals surface area contributed by atoms with Gasteiger partial charge in [0.25, 0.3) is 0 Å². The molecule has 38 valence electrons. The molecule has 0 aliphatic heterocycles. The fourth-order valence-electron chi connectivity index (χ4n) is 0. The maximum Gasteiger partial charge on any atom is 0.305 e. The molecule has 0 aromatic carbocycles. The van der Waals surface area contributed by atoms with E-state index in [1.54, 1.807) is 13.8 Å². The molecule has 0 aromatic rings. The van der Waals surface area contributed by atoms with Gasteiger partial charge in [-0.05, 0) is 0 Å². The molecule has 0 rings (SSSR count). The van der Waals surface area contributed by atoms with Crippen LogP contribution in [0.15, 0.2) is 0 Å². The zero-order valence-corrected chi connectivity index (χ0v) is 7.61. The van der Waals surface area contributed by atoms with Gasteiger partial charge in [-0.1, -0.05) is 13.8 Å². The van der Waals surface area contributed by atoms with Gasteiger partial charge in [0, 0.05) is 19.5 Å². The molecule has 0 aliphatic rings. The number of rotatable bonds is 1. The summed E-state index contributed by atoms with van der Waals surface area (Å²) in [5, 5.41) is 7.99. The molecule has 0 bridgehead atoms. The Kier molecular flexibility index (Phi) is 6.17. The standard InChI is InChI=1S/C4H8O2.Zn/c1-3(2)4(5)6;/h3H,1-2H3,(H,5,6);. The van der Waals surface area contributed by atoms with Crippen LogP contribution in [0.5, 0.6) is 0 Å². The molecule has 0 saturated carbocycles. The summed E-state index contributed by atoms with van der Waals surface area (Å²) >= 11 is 0. The van der Waals surface area contributed by atoms with Crippen molar-refractivity contribution >= 4 is 5.97 Å². The van der Waals surface area contributed by atoms with Crippen molar-refractivity contribution in [3.8, 4) is 0 Å². The molecule has 0 spiro atoms. The Morgan fingerprint density at radius 1 is 1.57 bits per heavy atom. The molecule has 2 nitrogen and oxygen atoms in total. The molecular formula is C4H8O2Zn. The van der Waals surface area contributed by atoms with Gasteiger partial charge in [-0.25, -0.2) is 0 Å². The molecular weight excluding hydrogens is 145 g/mol. The van der Waals surface area contributed by atoms with Crippen molar-refractivity contribution in [3.05, 3.63) is 0 Å². The summed E-state index contributed by atoms with van der Waals surface area (Å²) in [6, 6.07) is 0. The van der Waals surface area contributed by atoms with E-state index in [0.29, 0.717) is 0 Å². The first-order valence-electron chi connectivity index (χ1n) is 1.87. The van der Waals surface area contributed by atoms with Crippen LogP contribution in [0, 0.1) is 5.92 Å². The van der Waals surface area contributed by atoms with Gasteiger partial charge in [-0.2, -0.15) is 0 Å². The summed E-state index contributed by atoms with van der Waals surface area (Å²) in [4.78, 5) is 9.70. The number of carboxylic acid groups (broad SMARTS) is 1. The number of hydrogen-bond acceptors (Lipinski definition) is 1. The number of hydrogen-bond donors (Lipinski definition) is 1. The maximum atomic E-state index is 9.70. The molecule has 0 atom stereocenters. The van der Waals surface area contributed by atoms with Crippen molar-refractivity contribution in [1.82, 2.24) is 0 Å². The van der Waals surface area contributed by atoms with E-state index in [1.165, 1.54) is 0 Å². The second-order valence-corrected chi connectivity index (χ2v) is 1.49. The van der Waals surface area contributed by atoms with Crippen LogP contribution in [-0.2, 0) is 24.3 Å². The minimum absolute atomic E-state index is 0. The van der Waals surface area contributed by atoms with Gasteiger partial charge in [0.1, 0.15) is 0 Å². The Morgan fingerprint density at radius 2 is 1.71 bits per heavy atom. The van der Waals surface area contributed by atoms with Crippen LogP contribution < -0.4 is 0 Å². The summed E-state index contributed by atoms with van der Waals surface area (Å²) in [5.74, 6) is -0.972. The SMILES string of the molecule is CC(C)C(=O)O.[Zn]. The van der Waals surface area contributed by atoms with Gasteiger partial charge in [-0.15, -0.1) is 0 Å². The summed E-state index contributed by atoms with van der Waals surface area (Å²) < 4.78 is 0. The third-order valence-corrected chi connectivity index (χ3v) is 0.494. The predicted molar refractivity (Wildman–Crippen MR) is 22.5 cm³/mol. The molecule has 0 saturated heterocycles. The monoisotopic (exact) mass is 152 g/mol. The van der Waals surface area contributed by atoms with Gasteiger partial charge in [0.2, 0.25) is 0 Å². The summed E-state index contributed by atoms with van der Waals surface area (Å²) in [7, 11) is 0. The average Bonchev–Trinajstić information content (AvgIpc) is 1.36. The van der Waals surface area contributed by atoms with Gasteiger partial charge < -0.3 is 5.11 Å². The summed E-state index contributed by atoms with van der Waals surface area (Å²) in [5.41, 5.74) is 0. The zero-order chi connectivity index (χ0) is 5.15. The minimum atomic E-state index is -0.741. The van der Waals surface area contributed by atoms with E-state index < -0.39 is 5.97 Å². The maximum absolute atomic E-state index is 9.70. The molecule has 7 heavy (non-hydrogen) atoms. The van der Waals surface area contributed by atoms with Crippen molar-refractivity contribution < 1.29 is 29.4 Å². The van der Waals surface area contributed by atoms with Gasteiger partial charge >= 0.3 is 5.97 Å². The summed E-state index contributed by atoms with van der Waals surface area (Å²) in [6.45, 7) is 3.28. The van der Waals surface area contributed by atoms with E-state index in [4.69, 9.17) is 5.11 Å². The van der Waals surface area contributed by atoms with Crippen molar-refractivity contribution in [3.63, 3.8) is 0 Å². The van der Waals surface area contributed by atoms with Crippen LogP contribution in [0.4, 0.5) is 0 Å². The van der Waals surface area contributed by atoms with E-state index in [0.717, 1.165) is 0 Å². The Hall–Kier alpha value is 0.0934. The summed E-state index contributed by atoms with van der Waals surface area (Å²) in [6.07, 6.45) is 0. The van der Waals surface area contributed by atoms with Gasteiger partial charge in [0.05, 0.1) is 5.92 Å². The van der Waals surface area contributed by atoms with Crippen LogP contribution in [0.2, 0.25) is 0 Å². The molecule has 0 fully saturated rings. The largest absolute Gasteiger partial charge is 0.481 e. The first-order chi connectivity index (χ1) is 2.64. The van der Waals surface area contributed by atoms with Crippen molar-refractivity contribution in [1.29, 1.82) is 0 Å². The Labute approximate surface area is 55.7 Å². The number of carboxylic acids is 1. The van der Waals surface area contributed by atoms with Gasteiger partial charge in [0.15, 0.2) is 0 Å². The fraction of sp³-hybridized carbons (Fsp3) is 0.750. The molecule has 1 N–H and O–H groups in total. The van der Waals surface area contributed by atoms with Crippen molar-refractivity contribution in [2.24, 2.45) is 5.92 Å². The van der Waals surface area contributed by atoms with Crippen molar-refractivity contribution in [2.45, 2.75) is 13.8 Å². The molecule has 0 aliphatic carbocycles. The second kappa shape index (κ2) is 4.26. The molecule has 3 heteroatoms. The van der Waals surface area contributed by atoms with E-state index in [9.17, 15) is 4.79 Å². The Morgan fingerprint density at radius 3 is 1.71 bits per heavy atom. The fourth-order valence-corrected chi connectivity index (χ4v) is 0. The third kappa shape index (κ3) is 6.09. The van der Waals surface area contributed by atoms with E-state index >= 15 is 0 Å². The molecule has 0 unspecified atom stereocenters. The van der Waals surface area contributed by atoms with Crippen LogP contribution in [-0.4, -0.2) is 11.1 Å². The number of carbonyl (C=O) groups is 1. The molecule has 0 heterocycles. The Balaban J connectivity index is 0. The number of aliphatic carboxylic acids is 1. The Bertz CT molecular complexity index is 60.7. The topological polar surface area (TPSA) is 37.3 Å². The average molecular weight is 153 g/mol. The van der Waals surface area contributed by atoms with Crippen molar-refractivity contribution in [2.75, 3.05) is 0 Å². The second-order valence-electron chi connectivity index (χ2n) is 1.49. The van der Waals surface area contributed by atoms with Gasteiger partial charge in [-0.3, -0.25) is 4.79 Å². The van der Waals surface area contributed by atoms with E-state index in [-0.39, 0.29) is 25.4 Å². The van der Waals surface area contributed by atoms with Crippen LogP contribution in [0.25, 0.3) is 0 Å². The quantitative estimate of drug-likeness (QED) is 0.564. The minimum Gasteiger partial charge on any atom is -0.481 e. The zero-order valence-electron chi connectivity index (χ0n) is 4.64. The molecule has 0 amide bonds. The smallest absolute Gasteiger partial charge is 0.305 e. The first kappa shape index (κ1) is 10.2.